The van der Waals surface area contributed by atoms with Gasteiger partial charge >= 0.3 is 0 Å². The maximum Gasteiger partial charge on any atom is 0.242 e. The molecule has 0 amide bonds. The lowest BCUT2D eigenvalue weighted by Crippen LogP contribution is -2.40. The van der Waals surface area contributed by atoms with Crippen LogP contribution < -0.4 is 5.32 Å². The molecule has 0 unspecified atom stereocenters. The molecule has 0 atom stereocenters. The lowest BCUT2D eigenvalue weighted by molar-refractivity contribution is 0.115. The van der Waals surface area contributed by atoms with E-state index >= 15 is 0 Å². The summed E-state index contributed by atoms with van der Waals surface area (Å²) in [5.74, 6) is 1.46. The SMILES string of the molecule is CN=C(NCc1ccccc1S(=O)(=O)N(C)C)N(C)CCOCC1CC1.I. The van der Waals surface area contributed by atoms with Crippen molar-refractivity contribution in [3.05, 3.63) is 29.8 Å². The third-order valence-corrected chi connectivity index (χ3v) is 6.28. The Labute approximate surface area is 180 Å². The highest BCUT2D eigenvalue weighted by Crippen LogP contribution is 2.28. The van der Waals surface area contributed by atoms with Crippen molar-refractivity contribution < 1.29 is 13.2 Å². The number of aliphatic imine (C=N–C) groups is 1. The summed E-state index contributed by atoms with van der Waals surface area (Å²) in [6.07, 6.45) is 2.57. The number of likely N-dealkylation sites (N-methyl/N-ethyl adjacent to an activating group) is 1. The molecule has 0 saturated heterocycles. The normalized spacial score (nSPS) is 14.8. The van der Waals surface area contributed by atoms with E-state index in [9.17, 15) is 8.42 Å². The smallest absolute Gasteiger partial charge is 0.242 e. The van der Waals surface area contributed by atoms with Crippen molar-refractivity contribution in [1.29, 1.82) is 0 Å². The van der Waals surface area contributed by atoms with E-state index < -0.39 is 10.0 Å². The average molecular weight is 510 g/mol. The van der Waals surface area contributed by atoms with Crippen LogP contribution in [0.1, 0.15) is 18.4 Å². The summed E-state index contributed by atoms with van der Waals surface area (Å²) in [6, 6.07) is 7.02. The van der Waals surface area contributed by atoms with Crippen molar-refractivity contribution in [2.75, 3.05) is 47.9 Å². The molecule has 1 aliphatic rings. The zero-order valence-corrected chi connectivity index (χ0v) is 19.7. The third-order valence-electron chi connectivity index (χ3n) is 4.36. The van der Waals surface area contributed by atoms with Crippen LogP contribution in [0.2, 0.25) is 0 Å². The molecule has 2 rings (SSSR count). The molecule has 0 bridgehead atoms. The monoisotopic (exact) mass is 510 g/mol. The van der Waals surface area contributed by atoms with Gasteiger partial charge < -0.3 is 15.0 Å². The van der Waals surface area contributed by atoms with Gasteiger partial charge in [-0.05, 0) is 30.4 Å². The molecule has 0 heterocycles. The highest BCUT2D eigenvalue weighted by atomic mass is 127. The Bertz CT molecular complexity index is 721. The molecule has 1 aromatic rings. The molecular weight excluding hydrogens is 479 g/mol. The number of ether oxygens (including phenoxy) is 1. The van der Waals surface area contributed by atoms with Crippen molar-refractivity contribution in [3.8, 4) is 0 Å². The minimum atomic E-state index is -3.48. The minimum Gasteiger partial charge on any atom is -0.379 e. The van der Waals surface area contributed by atoms with Gasteiger partial charge in [0.1, 0.15) is 0 Å². The average Bonchev–Trinajstić information content (AvgIpc) is 3.43. The second-order valence-corrected chi connectivity index (χ2v) is 8.86. The molecule has 9 heteroatoms. The molecule has 1 N–H and O–H groups in total. The van der Waals surface area contributed by atoms with Crippen LogP contribution in [0.5, 0.6) is 0 Å². The summed E-state index contributed by atoms with van der Waals surface area (Å²) in [6.45, 7) is 2.60. The van der Waals surface area contributed by atoms with E-state index in [4.69, 9.17) is 4.74 Å². The van der Waals surface area contributed by atoms with Crippen LogP contribution in [0.15, 0.2) is 34.2 Å². The van der Waals surface area contributed by atoms with Crippen molar-refractivity contribution in [2.24, 2.45) is 10.9 Å². The van der Waals surface area contributed by atoms with Gasteiger partial charge in [0.05, 0.1) is 11.5 Å². The van der Waals surface area contributed by atoms with Gasteiger partial charge in [-0.1, -0.05) is 18.2 Å². The summed E-state index contributed by atoms with van der Waals surface area (Å²) in [7, 11) is 3.25. The van der Waals surface area contributed by atoms with Crippen LogP contribution in [0, 0.1) is 5.92 Å². The van der Waals surface area contributed by atoms with Gasteiger partial charge in [-0.3, -0.25) is 4.99 Å². The number of hydrogen-bond acceptors (Lipinski definition) is 4. The van der Waals surface area contributed by atoms with E-state index in [1.165, 1.54) is 31.2 Å². The Balaban J connectivity index is 0.00000364. The van der Waals surface area contributed by atoms with Crippen molar-refractivity contribution in [2.45, 2.75) is 24.3 Å². The van der Waals surface area contributed by atoms with E-state index in [0.717, 1.165) is 19.1 Å². The first-order chi connectivity index (χ1) is 12.4. The Kier molecular flexibility index (Phi) is 9.99. The maximum atomic E-state index is 12.5. The molecule has 1 fully saturated rings. The Morgan fingerprint density at radius 1 is 1.26 bits per heavy atom. The summed E-state index contributed by atoms with van der Waals surface area (Å²) in [4.78, 5) is 6.56. The van der Waals surface area contributed by atoms with Gasteiger partial charge in [0.2, 0.25) is 10.0 Å². The van der Waals surface area contributed by atoms with Crippen LogP contribution in [-0.2, 0) is 21.3 Å². The number of nitrogens with zero attached hydrogens (tertiary/aromatic N) is 3. The quantitative estimate of drug-likeness (QED) is 0.238. The van der Waals surface area contributed by atoms with Gasteiger partial charge in [0.25, 0.3) is 0 Å². The van der Waals surface area contributed by atoms with Crippen LogP contribution in [0.3, 0.4) is 0 Å². The zero-order valence-electron chi connectivity index (χ0n) is 16.5. The Morgan fingerprint density at radius 3 is 2.52 bits per heavy atom. The van der Waals surface area contributed by atoms with Crippen LogP contribution in [-0.4, -0.2) is 71.5 Å². The molecule has 0 aromatic heterocycles. The number of benzene rings is 1. The van der Waals surface area contributed by atoms with Crippen LogP contribution in [0.25, 0.3) is 0 Å². The topological polar surface area (TPSA) is 74.2 Å². The van der Waals surface area contributed by atoms with Crippen molar-refractivity contribution in [3.63, 3.8) is 0 Å². The minimum absolute atomic E-state index is 0. The Hall–Kier alpha value is -0.910. The van der Waals surface area contributed by atoms with Gasteiger partial charge in [-0.2, -0.15) is 0 Å². The van der Waals surface area contributed by atoms with E-state index in [2.05, 4.69) is 10.3 Å². The first kappa shape index (κ1) is 24.1. The number of guanidine groups is 1. The maximum absolute atomic E-state index is 12.5. The molecule has 154 valence electrons. The number of nitrogens with one attached hydrogen (secondary N) is 1. The zero-order chi connectivity index (χ0) is 19.2. The molecule has 27 heavy (non-hydrogen) atoms. The summed E-state index contributed by atoms with van der Waals surface area (Å²) < 4.78 is 31.8. The molecular formula is C18H31IN4O3S. The molecule has 1 aliphatic carbocycles. The predicted molar refractivity (Wildman–Crippen MR) is 119 cm³/mol. The van der Waals surface area contributed by atoms with Crippen molar-refractivity contribution in [1.82, 2.24) is 14.5 Å². The number of rotatable bonds is 9. The highest BCUT2D eigenvalue weighted by Gasteiger charge is 2.22. The highest BCUT2D eigenvalue weighted by molar-refractivity contribution is 14.0. The largest absolute Gasteiger partial charge is 0.379 e. The fourth-order valence-corrected chi connectivity index (χ4v) is 3.61. The van der Waals surface area contributed by atoms with Gasteiger partial charge in [-0.25, -0.2) is 12.7 Å². The number of hydrogen-bond donors (Lipinski definition) is 1. The van der Waals surface area contributed by atoms with Crippen LogP contribution in [0.4, 0.5) is 0 Å². The molecule has 0 radical (unpaired) electrons. The third kappa shape index (κ3) is 7.20. The van der Waals surface area contributed by atoms with Crippen molar-refractivity contribution >= 4 is 40.0 Å². The second kappa shape index (κ2) is 11.2. The lowest BCUT2D eigenvalue weighted by Gasteiger charge is -2.23. The van der Waals surface area contributed by atoms with Crippen LogP contribution >= 0.6 is 24.0 Å². The van der Waals surface area contributed by atoms with Gasteiger partial charge in [0, 0.05) is 47.9 Å². The summed E-state index contributed by atoms with van der Waals surface area (Å²) in [5, 5.41) is 3.24. The van der Waals surface area contributed by atoms with E-state index in [1.807, 2.05) is 24.1 Å². The Morgan fingerprint density at radius 2 is 1.93 bits per heavy atom. The van der Waals surface area contributed by atoms with E-state index in [1.54, 1.807) is 19.2 Å². The molecule has 0 spiro atoms. The summed E-state index contributed by atoms with van der Waals surface area (Å²) >= 11 is 0. The molecule has 7 nitrogen and oxygen atoms in total. The fraction of sp³-hybridized carbons (Fsp3) is 0.611. The molecule has 1 saturated carbocycles. The van der Waals surface area contributed by atoms with Gasteiger partial charge in [-0.15, -0.1) is 24.0 Å². The first-order valence-electron chi connectivity index (χ1n) is 8.86. The van der Waals surface area contributed by atoms with Gasteiger partial charge in [0.15, 0.2) is 5.96 Å². The number of halogens is 1. The van der Waals surface area contributed by atoms with E-state index in [0.29, 0.717) is 29.6 Å². The molecule has 1 aromatic carbocycles. The standard InChI is InChI=1S/C18H30N4O3S.HI/c1-19-18(22(4)11-12-25-14-15-9-10-15)20-13-16-7-5-6-8-17(16)26(23,24)21(2)3;/h5-8,15H,9-14H2,1-4H3,(H,19,20);1H. The summed E-state index contributed by atoms with van der Waals surface area (Å²) in [5.41, 5.74) is 0.709. The second-order valence-electron chi connectivity index (χ2n) is 6.74. The fourth-order valence-electron chi connectivity index (χ4n) is 2.50. The van der Waals surface area contributed by atoms with E-state index in [-0.39, 0.29) is 24.0 Å². The molecule has 0 aliphatic heterocycles. The number of sulfonamides is 1. The predicted octanol–water partition coefficient (Wildman–Crippen LogP) is 1.99. The lowest BCUT2D eigenvalue weighted by atomic mass is 10.2. The first-order valence-corrected chi connectivity index (χ1v) is 10.3.